The molecule has 0 unspecified atom stereocenters. The largest absolute Gasteiger partial charge is 0.487 e. The van der Waals surface area contributed by atoms with Crippen molar-refractivity contribution < 1.29 is 13.9 Å². The van der Waals surface area contributed by atoms with Crippen LogP contribution in [0.2, 0.25) is 5.02 Å². The zero-order valence-corrected chi connectivity index (χ0v) is 20.0. The van der Waals surface area contributed by atoms with Crippen molar-refractivity contribution >= 4 is 61.3 Å². The van der Waals surface area contributed by atoms with Crippen LogP contribution in [0.5, 0.6) is 5.75 Å². The molecule has 31 heavy (non-hydrogen) atoms. The molecule has 0 saturated carbocycles. The number of carbonyl (C=O) groups is 1. The zero-order valence-electron chi connectivity index (χ0n) is 16.0. The number of ether oxygens (including phenoxy) is 1. The van der Waals surface area contributed by atoms with E-state index < -0.39 is 0 Å². The Morgan fingerprint density at radius 1 is 1.06 bits per heavy atom. The maximum atomic E-state index is 12.9. The average molecular weight is 570 g/mol. The van der Waals surface area contributed by atoms with Crippen LogP contribution in [0, 0.1) is 5.82 Å². The van der Waals surface area contributed by atoms with Gasteiger partial charge in [0.05, 0.1) is 21.7 Å². The fraction of sp³-hybridized carbons (Fsp3) is 0.0909. The first kappa shape index (κ1) is 23.2. The number of benzene rings is 3. The summed E-state index contributed by atoms with van der Waals surface area (Å²) in [6.45, 7) is 0.396. The lowest BCUT2D eigenvalue weighted by atomic mass is 10.2. The second-order valence-electron chi connectivity index (χ2n) is 6.38. The summed E-state index contributed by atoms with van der Waals surface area (Å²) in [6.07, 6.45) is 1.52. The number of anilines is 1. The molecule has 0 aliphatic rings. The van der Waals surface area contributed by atoms with Crippen LogP contribution in [0.15, 0.2) is 74.7 Å². The summed E-state index contributed by atoms with van der Waals surface area (Å²) in [5.74, 6) is -0.0143. The van der Waals surface area contributed by atoms with Crippen molar-refractivity contribution in [2.45, 2.75) is 6.61 Å². The summed E-state index contributed by atoms with van der Waals surface area (Å²) in [4.78, 5) is 11.9. The van der Waals surface area contributed by atoms with E-state index in [4.69, 9.17) is 16.3 Å². The smallest absolute Gasteiger partial charge is 0.259 e. The fourth-order valence-corrected chi connectivity index (χ4v) is 4.07. The minimum Gasteiger partial charge on any atom is -0.487 e. The lowest BCUT2D eigenvalue weighted by molar-refractivity contribution is -0.119. The van der Waals surface area contributed by atoms with Gasteiger partial charge in [0.1, 0.15) is 18.2 Å². The third kappa shape index (κ3) is 7.34. The maximum Gasteiger partial charge on any atom is 0.259 e. The van der Waals surface area contributed by atoms with Gasteiger partial charge >= 0.3 is 0 Å². The van der Waals surface area contributed by atoms with Crippen molar-refractivity contribution in [1.82, 2.24) is 5.43 Å². The van der Waals surface area contributed by atoms with Gasteiger partial charge in [0, 0.05) is 10.7 Å². The Kier molecular flexibility index (Phi) is 8.45. The quantitative estimate of drug-likeness (QED) is 0.253. The third-order valence-corrected chi connectivity index (χ3v) is 5.45. The average Bonchev–Trinajstić information content (AvgIpc) is 2.74. The van der Waals surface area contributed by atoms with Crippen LogP contribution >= 0.6 is 43.5 Å². The topological polar surface area (TPSA) is 62.7 Å². The van der Waals surface area contributed by atoms with Gasteiger partial charge in [-0.15, -0.1) is 0 Å². The van der Waals surface area contributed by atoms with Crippen LogP contribution in [0.1, 0.15) is 11.1 Å². The van der Waals surface area contributed by atoms with Crippen LogP contribution in [-0.4, -0.2) is 18.7 Å². The summed E-state index contributed by atoms with van der Waals surface area (Å²) in [7, 11) is 0. The molecule has 0 bridgehead atoms. The second kappa shape index (κ2) is 11.3. The molecule has 0 atom stereocenters. The molecule has 0 heterocycles. The van der Waals surface area contributed by atoms with Crippen molar-refractivity contribution in [2.24, 2.45) is 5.10 Å². The first-order valence-corrected chi connectivity index (χ1v) is 11.0. The van der Waals surface area contributed by atoms with Crippen LogP contribution in [0.25, 0.3) is 0 Å². The minimum absolute atomic E-state index is 0.00777. The Hall–Kier alpha value is -2.42. The van der Waals surface area contributed by atoms with Crippen molar-refractivity contribution in [3.63, 3.8) is 0 Å². The van der Waals surface area contributed by atoms with Gasteiger partial charge in [0.15, 0.2) is 0 Å². The van der Waals surface area contributed by atoms with Crippen molar-refractivity contribution in [3.8, 4) is 5.75 Å². The van der Waals surface area contributed by atoms with E-state index in [1.54, 1.807) is 12.1 Å². The van der Waals surface area contributed by atoms with Gasteiger partial charge in [0.2, 0.25) is 0 Å². The summed E-state index contributed by atoms with van der Waals surface area (Å²) >= 11 is 12.9. The van der Waals surface area contributed by atoms with Crippen molar-refractivity contribution in [3.05, 3.63) is 91.6 Å². The SMILES string of the molecule is O=C(CNc1ccc(F)cc1)N/N=C\c1cc(Br)c(OCc2ccc(Cl)cc2)c(Br)c1. The second-order valence-corrected chi connectivity index (χ2v) is 8.53. The molecule has 3 rings (SSSR count). The first-order valence-electron chi connectivity index (χ1n) is 9.08. The molecule has 9 heteroatoms. The number of halogens is 4. The molecular weight excluding hydrogens is 553 g/mol. The molecule has 3 aromatic rings. The van der Waals surface area contributed by atoms with E-state index in [0.29, 0.717) is 23.1 Å². The number of hydrogen-bond acceptors (Lipinski definition) is 4. The number of nitrogens with one attached hydrogen (secondary N) is 2. The zero-order chi connectivity index (χ0) is 22.2. The van der Waals surface area contributed by atoms with Gasteiger partial charge in [-0.25, -0.2) is 9.82 Å². The molecule has 0 aliphatic carbocycles. The lowest BCUT2D eigenvalue weighted by Crippen LogP contribution is -2.25. The van der Waals surface area contributed by atoms with E-state index in [-0.39, 0.29) is 18.3 Å². The molecule has 0 aromatic heterocycles. The minimum atomic E-state index is -0.335. The highest BCUT2D eigenvalue weighted by atomic mass is 79.9. The van der Waals surface area contributed by atoms with Crippen LogP contribution in [-0.2, 0) is 11.4 Å². The molecule has 0 aliphatic heterocycles. The maximum absolute atomic E-state index is 12.9. The standard InChI is InChI=1S/C22H17Br2ClFN3O2/c23-19-9-15(10-20(24)22(19)31-13-14-1-3-16(25)4-2-14)11-28-29-21(30)12-27-18-7-5-17(26)6-8-18/h1-11,27H,12-13H2,(H,29,30)/b28-11-. The fourth-order valence-electron chi connectivity index (χ4n) is 2.50. The highest BCUT2D eigenvalue weighted by Crippen LogP contribution is 2.35. The van der Waals surface area contributed by atoms with Gasteiger partial charge in [0.25, 0.3) is 5.91 Å². The summed E-state index contributed by atoms with van der Waals surface area (Å²) in [5, 5.41) is 7.52. The summed E-state index contributed by atoms with van der Waals surface area (Å²) in [5.41, 5.74) is 4.83. The Morgan fingerprint density at radius 2 is 1.71 bits per heavy atom. The predicted octanol–water partition coefficient (Wildman–Crippen LogP) is 6.15. The third-order valence-electron chi connectivity index (χ3n) is 4.02. The molecular formula is C22H17Br2ClFN3O2. The number of amides is 1. The first-order chi connectivity index (χ1) is 14.9. The molecule has 0 spiro atoms. The molecule has 2 N–H and O–H groups in total. The molecule has 5 nitrogen and oxygen atoms in total. The monoisotopic (exact) mass is 567 g/mol. The Morgan fingerprint density at radius 3 is 2.35 bits per heavy atom. The number of rotatable bonds is 8. The van der Waals surface area contributed by atoms with E-state index in [1.807, 2.05) is 36.4 Å². The molecule has 0 saturated heterocycles. The van der Waals surface area contributed by atoms with E-state index in [1.165, 1.54) is 18.3 Å². The molecule has 3 aromatic carbocycles. The number of hydrogen-bond donors (Lipinski definition) is 2. The lowest BCUT2D eigenvalue weighted by Gasteiger charge is -2.11. The molecule has 0 fully saturated rings. The Balaban J connectivity index is 1.52. The van der Waals surface area contributed by atoms with Gasteiger partial charge in [-0.3, -0.25) is 4.79 Å². The molecule has 160 valence electrons. The van der Waals surface area contributed by atoms with Gasteiger partial charge in [-0.1, -0.05) is 23.7 Å². The predicted molar refractivity (Wildman–Crippen MR) is 128 cm³/mol. The summed E-state index contributed by atoms with van der Waals surface area (Å²) in [6, 6.07) is 16.8. The van der Waals surface area contributed by atoms with E-state index in [2.05, 4.69) is 47.7 Å². The summed E-state index contributed by atoms with van der Waals surface area (Å²) < 4.78 is 20.2. The van der Waals surface area contributed by atoms with Crippen molar-refractivity contribution in [2.75, 3.05) is 11.9 Å². The van der Waals surface area contributed by atoms with Gasteiger partial charge < -0.3 is 10.1 Å². The van der Waals surface area contributed by atoms with E-state index >= 15 is 0 Å². The number of hydrazone groups is 1. The normalized spacial score (nSPS) is 10.8. The van der Waals surface area contributed by atoms with Crippen LogP contribution < -0.4 is 15.5 Å². The van der Waals surface area contributed by atoms with E-state index in [0.717, 1.165) is 20.1 Å². The van der Waals surface area contributed by atoms with Gasteiger partial charge in [-0.2, -0.15) is 5.10 Å². The van der Waals surface area contributed by atoms with E-state index in [9.17, 15) is 9.18 Å². The Labute approximate surface area is 200 Å². The van der Waals surface area contributed by atoms with Crippen molar-refractivity contribution in [1.29, 1.82) is 0 Å². The highest BCUT2D eigenvalue weighted by molar-refractivity contribution is 9.11. The van der Waals surface area contributed by atoms with Crippen LogP contribution in [0.3, 0.4) is 0 Å². The molecule has 0 radical (unpaired) electrons. The Bertz CT molecular complexity index is 1050. The van der Waals surface area contributed by atoms with Crippen LogP contribution in [0.4, 0.5) is 10.1 Å². The highest BCUT2D eigenvalue weighted by Gasteiger charge is 2.09. The molecule has 1 amide bonds. The number of carbonyl (C=O) groups excluding carboxylic acids is 1. The number of nitrogens with zero attached hydrogens (tertiary/aromatic N) is 1. The van der Waals surface area contributed by atoms with Gasteiger partial charge in [-0.05, 0) is 91.5 Å².